The molecule has 0 saturated carbocycles. The van der Waals surface area contributed by atoms with E-state index in [2.05, 4.69) is 5.32 Å². The van der Waals surface area contributed by atoms with E-state index in [4.69, 9.17) is 0 Å². The van der Waals surface area contributed by atoms with E-state index in [-0.39, 0.29) is 10.9 Å². The first-order chi connectivity index (χ1) is 9.05. The van der Waals surface area contributed by atoms with Gasteiger partial charge in [0.1, 0.15) is 5.82 Å². The first-order valence-electron chi connectivity index (χ1n) is 6.47. The Balaban J connectivity index is 2.28. The Morgan fingerprint density at radius 1 is 1.32 bits per heavy atom. The van der Waals surface area contributed by atoms with Crippen molar-refractivity contribution >= 4 is 10.0 Å². The standard InChI is InChI=1S/C13H19FN2O2S/c1-15-10-12-4-2-3-9-16(12)19(17,18)13-7-5-11(14)6-8-13/h5-8,12,15H,2-4,9-10H2,1H3. The Hall–Kier alpha value is -0.980. The maximum Gasteiger partial charge on any atom is 0.243 e. The average molecular weight is 286 g/mol. The van der Waals surface area contributed by atoms with Crippen LogP contribution in [0.3, 0.4) is 0 Å². The van der Waals surface area contributed by atoms with Gasteiger partial charge in [-0.05, 0) is 44.2 Å². The largest absolute Gasteiger partial charge is 0.318 e. The van der Waals surface area contributed by atoms with Gasteiger partial charge in [0.2, 0.25) is 10.0 Å². The van der Waals surface area contributed by atoms with E-state index >= 15 is 0 Å². The van der Waals surface area contributed by atoms with E-state index in [1.807, 2.05) is 7.05 Å². The zero-order valence-corrected chi connectivity index (χ0v) is 11.8. The molecule has 106 valence electrons. The van der Waals surface area contributed by atoms with Gasteiger partial charge < -0.3 is 5.32 Å². The van der Waals surface area contributed by atoms with Crippen molar-refractivity contribution in [2.45, 2.75) is 30.2 Å². The molecule has 0 amide bonds. The molecule has 4 nitrogen and oxygen atoms in total. The minimum absolute atomic E-state index is 0.0196. The second-order valence-electron chi connectivity index (χ2n) is 4.78. The minimum Gasteiger partial charge on any atom is -0.318 e. The van der Waals surface area contributed by atoms with Crippen molar-refractivity contribution in [3.05, 3.63) is 30.1 Å². The third-order valence-electron chi connectivity index (χ3n) is 3.43. The Kier molecular flexibility index (Phi) is 4.54. The van der Waals surface area contributed by atoms with Crippen molar-refractivity contribution in [1.29, 1.82) is 0 Å². The fourth-order valence-electron chi connectivity index (χ4n) is 2.47. The zero-order valence-electron chi connectivity index (χ0n) is 11.0. The molecule has 1 aliphatic heterocycles. The molecule has 1 fully saturated rings. The smallest absolute Gasteiger partial charge is 0.243 e. The monoisotopic (exact) mass is 286 g/mol. The molecular weight excluding hydrogens is 267 g/mol. The Morgan fingerprint density at radius 3 is 2.63 bits per heavy atom. The van der Waals surface area contributed by atoms with E-state index < -0.39 is 15.8 Å². The summed E-state index contributed by atoms with van der Waals surface area (Å²) in [7, 11) is -1.71. The van der Waals surface area contributed by atoms with Gasteiger partial charge in [0.05, 0.1) is 4.90 Å². The van der Waals surface area contributed by atoms with Crippen LogP contribution < -0.4 is 5.32 Å². The second kappa shape index (κ2) is 5.98. The number of nitrogens with one attached hydrogen (secondary N) is 1. The van der Waals surface area contributed by atoms with Crippen molar-refractivity contribution in [3.63, 3.8) is 0 Å². The molecular formula is C13H19FN2O2S. The zero-order chi connectivity index (χ0) is 13.9. The number of sulfonamides is 1. The number of piperidine rings is 1. The molecule has 0 bridgehead atoms. The van der Waals surface area contributed by atoms with Gasteiger partial charge >= 0.3 is 0 Å². The molecule has 0 aromatic heterocycles. The normalized spacial score (nSPS) is 21.5. The van der Waals surface area contributed by atoms with E-state index in [0.717, 1.165) is 19.3 Å². The van der Waals surface area contributed by atoms with Crippen molar-refractivity contribution in [1.82, 2.24) is 9.62 Å². The van der Waals surface area contributed by atoms with Crippen LogP contribution in [0.5, 0.6) is 0 Å². The van der Waals surface area contributed by atoms with E-state index in [0.29, 0.717) is 13.1 Å². The van der Waals surface area contributed by atoms with Crippen molar-refractivity contribution < 1.29 is 12.8 Å². The molecule has 1 N–H and O–H groups in total. The fourth-order valence-corrected chi connectivity index (χ4v) is 4.16. The van der Waals surface area contributed by atoms with Crippen LogP contribution in [-0.2, 0) is 10.0 Å². The van der Waals surface area contributed by atoms with Gasteiger partial charge in [0.15, 0.2) is 0 Å². The summed E-state index contributed by atoms with van der Waals surface area (Å²) in [4.78, 5) is 0.164. The first-order valence-corrected chi connectivity index (χ1v) is 7.91. The summed E-state index contributed by atoms with van der Waals surface area (Å²) in [5.41, 5.74) is 0. The maximum absolute atomic E-state index is 12.9. The lowest BCUT2D eigenvalue weighted by Gasteiger charge is -2.34. The number of halogens is 1. The summed E-state index contributed by atoms with van der Waals surface area (Å²) in [6, 6.07) is 5.01. The highest BCUT2D eigenvalue weighted by atomic mass is 32.2. The Labute approximate surface area is 113 Å². The number of hydrogen-bond acceptors (Lipinski definition) is 3. The molecule has 0 radical (unpaired) electrons. The SMILES string of the molecule is CNCC1CCCCN1S(=O)(=O)c1ccc(F)cc1. The van der Waals surface area contributed by atoms with Crippen LogP contribution in [0.1, 0.15) is 19.3 Å². The van der Waals surface area contributed by atoms with Gasteiger partial charge in [-0.2, -0.15) is 4.31 Å². The summed E-state index contributed by atoms with van der Waals surface area (Å²) in [5.74, 6) is -0.427. The highest BCUT2D eigenvalue weighted by Gasteiger charge is 2.32. The van der Waals surface area contributed by atoms with Gasteiger partial charge in [0, 0.05) is 19.1 Å². The Bertz CT molecular complexity index is 514. The summed E-state index contributed by atoms with van der Waals surface area (Å²) in [6.45, 7) is 1.17. The number of nitrogens with zero attached hydrogens (tertiary/aromatic N) is 1. The molecule has 1 aliphatic rings. The van der Waals surface area contributed by atoms with Crippen molar-refractivity contribution in [2.24, 2.45) is 0 Å². The average Bonchev–Trinajstić information content (AvgIpc) is 2.40. The Morgan fingerprint density at radius 2 is 2.00 bits per heavy atom. The quantitative estimate of drug-likeness (QED) is 0.914. The molecule has 1 heterocycles. The van der Waals surface area contributed by atoms with Gasteiger partial charge in [0.25, 0.3) is 0 Å². The van der Waals surface area contributed by atoms with Gasteiger partial charge in [-0.25, -0.2) is 12.8 Å². The molecule has 0 aliphatic carbocycles. The number of rotatable bonds is 4. The first kappa shape index (κ1) is 14.4. The molecule has 1 aromatic rings. The van der Waals surface area contributed by atoms with Crippen LogP contribution in [0.15, 0.2) is 29.2 Å². The van der Waals surface area contributed by atoms with Crippen LogP contribution in [0.4, 0.5) is 4.39 Å². The number of likely N-dealkylation sites (N-methyl/N-ethyl adjacent to an activating group) is 1. The lowest BCUT2D eigenvalue weighted by Crippen LogP contribution is -2.47. The van der Waals surface area contributed by atoms with E-state index in [9.17, 15) is 12.8 Å². The molecule has 1 unspecified atom stereocenters. The highest BCUT2D eigenvalue weighted by molar-refractivity contribution is 7.89. The minimum atomic E-state index is -3.52. The highest BCUT2D eigenvalue weighted by Crippen LogP contribution is 2.25. The third-order valence-corrected chi connectivity index (χ3v) is 5.40. The summed E-state index contributed by atoms with van der Waals surface area (Å²) in [6.07, 6.45) is 2.78. The molecule has 1 atom stereocenters. The molecule has 1 saturated heterocycles. The number of hydrogen-bond donors (Lipinski definition) is 1. The van der Waals surface area contributed by atoms with Gasteiger partial charge in [-0.3, -0.25) is 0 Å². The topological polar surface area (TPSA) is 49.4 Å². The number of benzene rings is 1. The second-order valence-corrected chi connectivity index (χ2v) is 6.67. The van der Waals surface area contributed by atoms with Crippen LogP contribution in [0, 0.1) is 5.82 Å². The van der Waals surface area contributed by atoms with Crippen molar-refractivity contribution in [2.75, 3.05) is 20.1 Å². The predicted molar refractivity (Wildman–Crippen MR) is 71.9 cm³/mol. The summed E-state index contributed by atoms with van der Waals surface area (Å²) >= 11 is 0. The van der Waals surface area contributed by atoms with Crippen molar-refractivity contribution in [3.8, 4) is 0 Å². The third kappa shape index (κ3) is 3.13. The summed E-state index contributed by atoms with van der Waals surface area (Å²) < 4.78 is 39.6. The van der Waals surface area contributed by atoms with Crippen LogP contribution in [-0.4, -0.2) is 38.9 Å². The summed E-state index contributed by atoms with van der Waals surface area (Å²) in [5, 5.41) is 3.03. The van der Waals surface area contributed by atoms with Gasteiger partial charge in [-0.15, -0.1) is 0 Å². The predicted octanol–water partition coefficient (Wildman–Crippen LogP) is 1.59. The molecule has 6 heteroatoms. The lowest BCUT2D eigenvalue weighted by molar-refractivity contribution is 0.249. The van der Waals surface area contributed by atoms with Crippen LogP contribution in [0.2, 0.25) is 0 Å². The molecule has 19 heavy (non-hydrogen) atoms. The van der Waals surface area contributed by atoms with Crippen LogP contribution >= 0.6 is 0 Å². The van der Waals surface area contributed by atoms with Crippen LogP contribution in [0.25, 0.3) is 0 Å². The molecule has 0 spiro atoms. The van der Waals surface area contributed by atoms with E-state index in [1.54, 1.807) is 4.31 Å². The maximum atomic E-state index is 12.9. The fraction of sp³-hybridized carbons (Fsp3) is 0.538. The molecule has 1 aromatic carbocycles. The van der Waals surface area contributed by atoms with Gasteiger partial charge in [-0.1, -0.05) is 6.42 Å². The van der Waals surface area contributed by atoms with E-state index in [1.165, 1.54) is 24.3 Å². The molecule has 2 rings (SSSR count). The lowest BCUT2D eigenvalue weighted by atomic mass is 10.1.